The number of hydrogen-bond acceptors (Lipinski definition) is 3. The molecule has 6 nitrogen and oxygen atoms in total. The van der Waals surface area contributed by atoms with Gasteiger partial charge in [0.25, 0.3) is 5.91 Å². The van der Waals surface area contributed by atoms with E-state index in [4.69, 9.17) is 0 Å². The molecule has 2 N–H and O–H groups in total. The van der Waals surface area contributed by atoms with E-state index in [1.165, 1.54) is 0 Å². The third kappa shape index (κ3) is 6.91. The van der Waals surface area contributed by atoms with Gasteiger partial charge in [-0.2, -0.15) is 0 Å². The molecule has 0 radical (unpaired) electrons. The van der Waals surface area contributed by atoms with Gasteiger partial charge in [0, 0.05) is 31.7 Å². The molecular weight excluding hydrogens is 364 g/mol. The largest absolute Gasteiger partial charge is 0.339 e. The Bertz CT molecular complexity index is 771. The molecule has 6 heteroatoms. The number of rotatable bonds is 9. The molecule has 0 aliphatic heterocycles. The number of likely N-dealkylation sites (N-methyl/N-ethyl adjacent to an activating group) is 1. The number of amides is 3. The Hall–Kier alpha value is -2.86. The van der Waals surface area contributed by atoms with E-state index in [9.17, 15) is 9.59 Å². The zero-order valence-electron chi connectivity index (χ0n) is 17.8. The van der Waals surface area contributed by atoms with Crippen LogP contribution in [0.3, 0.4) is 0 Å². The van der Waals surface area contributed by atoms with E-state index in [1.54, 1.807) is 4.90 Å². The molecule has 0 aliphatic rings. The maximum atomic E-state index is 12.4. The van der Waals surface area contributed by atoms with E-state index < -0.39 is 0 Å². The second-order valence-corrected chi connectivity index (χ2v) is 7.23. The third-order valence-electron chi connectivity index (χ3n) is 4.76. The normalized spacial score (nSPS) is 11.8. The number of benzene rings is 2. The Balaban J connectivity index is 1.93. The van der Waals surface area contributed by atoms with Gasteiger partial charge < -0.3 is 20.4 Å². The molecule has 29 heavy (non-hydrogen) atoms. The molecule has 0 saturated heterocycles. The van der Waals surface area contributed by atoms with Gasteiger partial charge in [-0.1, -0.05) is 42.5 Å². The van der Waals surface area contributed by atoms with Crippen molar-refractivity contribution < 1.29 is 9.59 Å². The maximum absolute atomic E-state index is 12.4. The van der Waals surface area contributed by atoms with Crippen LogP contribution in [0.4, 0.5) is 4.79 Å². The third-order valence-corrected chi connectivity index (χ3v) is 4.76. The van der Waals surface area contributed by atoms with Crippen LogP contribution in [-0.2, 0) is 6.54 Å². The molecule has 2 rings (SSSR count). The number of hydrogen-bond donors (Lipinski definition) is 2. The first-order valence-electron chi connectivity index (χ1n) is 10.1. The SMILES string of the molecule is CCN(CC)C(=O)c1ccc(CNC(=O)NC(CN(C)C)c2ccccc2)cc1. The lowest BCUT2D eigenvalue weighted by molar-refractivity contribution is 0.0773. The van der Waals surface area contributed by atoms with Gasteiger partial charge in [0.1, 0.15) is 0 Å². The van der Waals surface area contributed by atoms with Gasteiger partial charge >= 0.3 is 6.03 Å². The van der Waals surface area contributed by atoms with Gasteiger partial charge in [-0.15, -0.1) is 0 Å². The molecule has 0 bridgehead atoms. The summed E-state index contributed by atoms with van der Waals surface area (Å²) in [5.41, 5.74) is 2.67. The average molecular weight is 397 g/mol. The lowest BCUT2D eigenvalue weighted by atomic mass is 10.1. The van der Waals surface area contributed by atoms with E-state index in [-0.39, 0.29) is 18.0 Å². The summed E-state index contributed by atoms with van der Waals surface area (Å²) in [6, 6.07) is 17.0. The Morgan fingerprint density at radius 1 is 0.931 bits per heavy atom. The number of nitrogens with one attached hydrogen (secondary N) is 2. The van der Waals surface area contributed by atoms with Gasteiger partial charge in [0.2, 0.25) is 0 Å². The molecule has 1 atom stereocenters. The van der Waals surface area contributed by atoms with Crippen molar-refractivity contribution in [2.75, 3.05) is 33.7 Å². The van der Waals surface area contributed by atoms with Crippen LogP contribution in [0.2, 0.25) is 0 Å². The van der Waals surface area contributed by atoms with Gasteiger partial charge in [0.15, 0.2) is 0 Å². The fourth-order valence-electron chi connectivity index (χ4n) is 3.14. The number of carbonyl (C=O) groups excluding carboxylic acids is 2. The first kappa shape index (κ1) is 22.4. The summed E-state index contributed by atoms with van der Waals surface area (Å²) in [5.74, 6) is 0.0293. The summed E-state index contributed by atoms with van der Waals surface area (Å²) in [5, 5.41) is 5.94. The molecule has 0 fully saturated rings. The van der Waals surface area contributed by atoms with Crippen molar-refractivity contribution in [2.45, 2.75) is 26.4 Å². The molecule has 2 aromatic carbocycles. The van der Waals surface area contributed by atoms with Gasteiger partial charge in [-0.3, -0.25) is 4.79 Å². The minimum atomic E-state index is -0.219. The number of urea groups is 1. The van der Waals surface area contributed by atoms with E-state index >= 15 is 0 Å². The maximum Gasteiger partial charge on any atom is 0.315 e. The summed E-state index contributed by atoms with van der Waals surface area (Å²) in [4.78, 5) is 28.6. The van der Waals surface area contributed by atoms with Crippen molar-refractivity contribution in [3.63, 3.8) is 0 Å². The van der Waals surface area contributed by atoms with E-state index in [0.717, 1.165) is 11.1 Å². The first-order valence-corrected chi connectivity index (χ1v) is 10.1. The highest BCUT2D eigenvalue weighted by molar-refractivity contribution is 5.94. The predicted octanol–water partition coefficient (Wildman–Crippen LogP) is 3.27. The lowest BCUT2D eigenvalue weighted by Gasteiger charge is -2.23. The monoisotopic (exact) mass is 396 g/mol. The molecular formula is C23H32N4O2. The molecule has 3 amide bonds. The zero-order chi connectivity index (χ0) is 21.2. The van der Waals surface area contributed by atoms with Crippen LogP contribution in [0.25, 0.3) is 0 Å². The Kier molecular flexibility index (Phi) is 8.68. The molecule has 1 unspecified atom stereocenters. The topological polar surface area (TPSA) is 64.7 Å². The van der Waals surface area contributed by atoms with Crippen LogP contribution in [0.1, 0.15) is 41.4 Å². The van der Waals surface area contributed by atoms with Crippen LogP contribution in [0.5, 0.6) is 0 Å². The van der Waals surface area contributed by atoms with Gasteiger partial charge in [-0.05, 0) is 51.2 Å². The summed E-state index contributed by atoms with van der Waals surface area (Å²) in [6.45, 7) is 6.42. The van der Waals surface area contributed by atoms with Crippen molar-refractivity contribution in [3.05, 3.63) is 71.3 Å². The molecule has 0 aromatic heterocycles. The summed E-state index contributed by atoms with van der Waals surface area (Å²) >= 11 is 0. The van der Waals surface area contributed by atoms with Crippen molar-refractivity contribution >= 4 is 11.9 Å². The fraction of sp³-hybridized carbons (Fsp3) is 0.391. The van der Waals surface area contributed by atoms with Crippen molar-refractivity contribution in [2.24, 2.45) is 0 Å². The van der Waals surface area contributed by atoms with Crippen molar-refractivity contribution in [1.29, 1.82) is 0 Å². The molecule has 0 heterocycles. The standard InChI is InChI=1S/C23H32N4O2/c1-5-27(6-2)22(28)20-14-12-18(13-15-20)16-24-23(29)25-21(17-26(3)4)19-10-8-7-9-11-19/h7-15,21H,5-6,16-17H2,1-4H3,(H2,24,25,29). The van der Waals surface area contributed by atoms with Crippen LogP contribution in [-0.4, -0.2) is 55.5 Å². The Labute approximate surface area is 173 Å². The Morgan fingerprint density at radius 3 is 2.10 bits per heavy atom. The fourth-order valence-corrected chi connectivity index (χ4v) is 3.14. The smallest absolute Gasteiger partial charge is 0.315 e. The highest BCUT2D eigenvalue weighted by Gasteiger charge is 2.15. The molecule has 0 saturated carbocycles. The van der Waals surface area contributed by atoms with Crippen molar-refractivity contribution in [3.8, 4) is 0 Å². The summed E-state index contributed by atoms with van der Waals surface area (Å²) < 4.78 is 0. The van der Waals surface area contributed by atoms with Crippen LogP contribution in [0.15, 0.2) is 54.6 Å². The highest BCUT2D eigenvalue weighted by atomic mass is 16.2. The predicted molar refractivity (Wildman–Crippen MR) is 117 cm³/mol. The van der Waals surface area contributed by atoms with Crippen molar-refractivity contribution in [1.82, 2.24) is 20.4 Å². The van der Waals surface area contributed by atoms with Crippen LogP contribution in [0, 0.1) is 0 Å². The molecule has 0 aliphatic carbocycles. The van der Waals surface area contributed by atoms with E-state index in [1.807, 2.05) is 87.4 Å². The van der Waals surface area contributed by atoms with E-state index in [0.29, 0.717) is 31.7 Å². The number of carbonyl (C=O) groups is 2. The zero-order valence-corrected chi connectivity index (χ0v) is 17.8. The first-order chi connectivity index (χ1) is 13.9. The molecule has 0 spiro atoms. The van der Waals surface area contributed by atoms with E-state index in [2.05, 4.69) is 10.6 Å². The minimum absolute atomic E-state index is 0.0293. The molecule has 2 aromatic rings. The summed E-state index contributed by atoms with van der Waals surface area (Å²) in [6.07, 6.45) is 0. The Morgan fingerprint density at radius 2 is 1.55 bits per heavy atom. The van der Waals surface area contributed by atoms with Crippen LogP contribution < -0.4 is 10.6 Å². The second-order valence-electron chi connectivity index (χ2n) is 7.23. The summed E-state index contributed by atoms with van der Waals surface area (Å²) in [7, 11) is 3.97. The number of nitrogens with zero attached hydrogens (tertiary/aromatic N) is 2. The minimum Gasteiger partial charge on any atom is -0.339 e. The van der Waals surface area contributed by atoms with Gasteiger partial charge in [-0.25, -0.2) is 4.79 Å². The van der Waals surface area contributed by atoms with Gasteiger partial charge in [0.05, 0.1) is 6.04 Å². The quantitative estimate of drug-likeness (QED) is 0.684. The molecule has 156 valence electrons. The second kappa shape index (κ2) is 11.2. The average Bonchev–Trinajstić information content (AvgIpc) is 2.73. The highest BCUT2D eigenvalue weighted by Crippen LogP contribution is 2.13. The lowest BCUT2D eigenvalue weighted by Crippen LogP contribution is -2.41. The van der Waals surface area contributed by atoms with Crippen LogP contribution >= 0.6 is 0 Å².